The molecule has 0 saturated carbocycles. The van der Waals surface area contributed by atoms with Crippen LogP contribution < -0.4 is 25.6 Å². The number of halogens is 4. The summed E-state index contributed by atoms with van der Waals surface area (Å²) in [5, 5.41) is 2.97. The Morgan fingerprint density at radius 2 is 1.79 bits per heavy atom. The number of hydrogen-bond acceptors (Lipinski definition) is 5. The van der Waals surface area contributed by atoms with Gasteiger partial charge in [-0.05, 0) is 49.7 Å². The summed E-state index contributed by atoms with van der Waals surface area (Å²) < 4.78 is 55.2. The fourth-order valence-corrected chi connectivity index (χ4v) is 3.56. The number of nitrogens with one attached hydrogen (secondary N) is 1. The summed E-state index contributed by atoms with van der Waals surface area (Å²) >= 11 is 0. The van der Waals surface area contributed by atoms with Crippen molar-refractivity contribution < 1.29 is 31.9 Å². The van der Waals surface area contributed by atoms with Crippen LogP contribution in [0.3, 0.4) is 0 Å². The summed E-state index contributed by atoms with van der Waals surface area (Å²) in [5.74, 6) is -1.95. The summed E-state index contributed by atoms with van der Waals surface area (Å²) in [6.07, 6.45) is -4.80. The monoisotopic (exact) mass is 468 g/mol. The van der Waals surface area contributed by atoms with Gasteiger partial charge in [0.15, 0.2) is 0 Å². The van der Waals surface area contributed by atoms with Crippen molar-refractivity contribution in [3.63, 3.8) is 0 Å². The molecule has 2 aromatic rings. The lowest BCUT2D eigenvalue weighted by molar-refractivity contribution is -0.274. The number of ether oxygens (including phenoxy) is 1. The van der Waals surface area contributed by atoms with Crippen LogP contribution >= 0.6 is 0 Å². The van der Waals surface area contributed by atoms with Gasteiger partial charge in [0.2, 0.25) is 11.8 Å². The average Bonchev–Trinajstić information content (AvgIpc) is 2.79. The second-order valence-corrected chi connectivity index (χ2v) is 8.29. The van der Waals surface area contributed by atoms with Crippen molar-refractivity contribution in [3.8, 4) is 5.75 Å². The number of fused-ring (bicyclic) bond motifs is 1. The van der Waals surface area contributed by atoms with E-state index < -0.39 is 35.6 Å². The molecule has 0 bridgehead atoms. The Morgan fingerprint density at radius 1 is 1.15 bits per heavy atom. The van der Waals surface area contributed by atoms with Gasteiger partial charge in [0.25, 0.3) is 0 Å². The number of benzene rings is 2. The van der Waals surface area contributed by atoms with Gasteiger partial charge < -0.3 is 20.3 Å². The summed E-state index contributed by atoms with van der Waals surface area (Å²) in [7, 11) is 1.50. The molecule has 0 aliphatic carbocycles. The number of nitrogens with two attached hydrogens (primary N) is 1. The van der Waals surface area contributed by atoms with E-state index in [0.717, 1.165) is 0 Å². The van der Waals surface area contributed by atoms with E-state index in [-0.39, 0.29) is 18.8 Å². The van der Waals surface area contributed by atoms with Gasteiger partial charge in [-0.3, -0.25) is 14.9 Å². The van der Waals surface area contributed by atoms with Gasteiger partial charge in [0.1, 0.15) is 17.6 Å². The van der Waals surface area contributed by atoms with E-state index in [1.54, 1.807) is 18.7 Å². The zero-order chi connectivity index (χ0) is 24.6. The maximum absolute atomic E-state index is 14.0. The minimum atomic E-state index is -4.80. The summed E-state index contributed by atoms with van der Waals surface area (Å²) in [4.78, 5) is 28.0. The molecule has 3 N–H and O–H groups in total. The van der Waals surface area contributed by atoms with Crippen LogP contribution in [-0.2, 0) is 16.1 Å². The zero-order valence-corrected chi connectivity index (χ0v) is 18.2. The number of anilines is 2. The maximum atomic E-state index is 14.0. The first-order chi connectivity index (χ1) is 15.3. The largest absolute Gasteiger partial charge is 0.573 e. The Labute approximate surface area is 188 Å². The third-order valence-electron chi connectivity index (χ3n) is 5.35. The van der Waals surface area contributed by atoms with Crippen molar-refractivity contribution in [2.24, 2.45) is 5.73 Å². The number of carbonyl (C=O) groups is 2. The Morgan fingerprint density at radius 3 is 2.36 bits per heavy atom. The van der Waals surface area contributed by atoms with Crippen molar-refractivity contribution in [2.45, 2.75) is 38.3 Å². The Hall–Kier alpha value is -3.34. The molecular formula is C22H24F4N4O3. The summed E-state index contributed by atoms with van der Waals surface area (Å²) in [6.45, 7) is 3.38. The molecule has 178 valence electrons. The molecule has 1 atom stereocenters. The molecule has 7 nitrogen and oxygen atoms in total. The molecule has 0 unspecified atom stereocenters. The molecule has 0 spiro atoms. The van der Waals surface area contributed by atoms with Crippen molar-refractivity contribution >= 4 is 23.2 Å². The molecule has 2 amide bonds. The number of carbonyl (C=O) groups excluding carboxylic acids is 2. The van der Waals surface area contributed by atoms with Crippen LogP contribution in [0.15, 0.2) is 42.5 Å². The predicted octanol–water partition coefficient (Wildman–Crippen LogP) is 2.93. The number of rotatable bonds is 6. The summed E-state index contributed by atoms with van der Waals surface area (Å²) in [6, 6.07) is 8.45. The zero-order valence-electron chi connectivity index (χ0n) is 18.2. The molecule has 3 rings (SSSR count). The van der Waals surface area contributed by atoms with Crippen molar-refractivity contribution in [1.82, 2.24) is 5.32 Å². The predicted molar refractivity (Wildman–Crippen MR) is 114 cm³/mol. The third kappa shape index (κ3) is 5.72. The van der Waals surface area contributed by atoms with Crippen molar-refractivity contribution in [2.75, 3.05) is 23.4 Å². The first kappa shape index (κ1) is 24.3. The van der Waals surface area contributed by atoms with Gasteiger partial charge in [0, 0.05) is 20.1 Å². The van der Waals surface area contributed by atoms with Crippen LogP contribution in [0.4, 0.5) is 28.9 Å². The fourth-order valence-electron chi connectivity index (χ4n) is 3.56. The number of likely N-dealkylation sites (N-methyl/N-ethyl adjacent to an activating group) is 1. The highest BCUT2D eigenvalue weighted by Crippen LogP contribution is 2.34. The lowest BCUT2D eigenvalue weighted by Gasteiger charge is -2.31. The second-order valence-electron chi connectivity index (χ2n) is 8.29. The van der Waals surface area contributed by atoms with Gasteiger partial charge >= 0.3 is 6.36 Å². The lowest BCUT2D eigenvalue weighted by Crippen LogP contribution is -2.60. The average molecular weight is 468 g/mol. The number of alkyl halides is 3. The standard InChI is InChI=1S/C22H24F4N4O3/c1-21(2,20(27)32)28-16-12-30(11-13-4-7-15(8-5-13)33-22(24,25)26)17-9-6-14(23)10-18(17)29(3)19(16)31/h4-10,16,28H,11-12H2,1-3H3,(H2,27,32)/t16-/m1/s1. The quantitative estimate of drug-likeness (QED) is 0.637. The molecule has 11 heteroatoms. The van der Waals surface area contributed by atoms with Crippen LogP contribution in [0.25, 0.3) is 0 Å². The van der Waals surface area contributed by atoms with Gasteiger partial charge in [-0.15, -0.1) is 13.2 Å². The molecule has 1 aliphatic heterocycles. The number of primary amides is 1. The smallest absolute Gasteiger partial charge is 0.406 e. The van der Waals surface area contributed by atoms with E-state index in [1.807, 2.05) is 0 Å². The molecule has 0 saturated heterocycles. The first-order valence-corrected chi connectivity index (χ1v) is 10.0. The van der Waals surface area contributed by atoms with E-state index in [1.165, 1.54) is 54.4 Å². The van der Waals surface area contributed by atoms with Gasteiger partial charge in [0.05, 0.1) is 16.9 Å². The van der Waals surface area contributed by atoms with Crippen LogP contribution in [0.2, 0.25) is 0 Å². The van der Waals surface area contributed by atoms with Gasteiger partial charge in [-0.1, -0.05) is 12.1 Å². The molecule has 0 radical (unpaired) electrons. The number of hydrogen-bond donors (Lipinski definition) is 2. The highest BCUT2D eigenvalue weighted by Gasteiger charge is 2.37. The molecule has 1 heterocycles. The van der Waals surface area contributed by atoms with E-state index >= 15 is 0 Å². The minimum absolute atomic E-state index is 0.0965. The Bertz CT molecular complexity index is 1040. The normalized spacial score (nSPS) is 16.9. The second kappa shape index (κ2) is 8.89. The van der Waals surface area contributed by atoms with E-state index in [2.05, 4.69) is 10.1 Å². The third-order valence-corrected chi connectivity index (χ3v) is 5.35. The van der Waals surface area contributed by atoms with Crippen LogP contribution in [0.5, 0.6) is 5.75 Å². The minimum Gasteiger partial charge on any atom is -0.406 e. The van der Waals surface area contributed by atoms with E-state index in [4.69, 9.17) is 5.73 Å². The van der Waals surface area contributed by atoms with Crippen LogP contribution in [0, 0.1) is 5.82 Å². The topological polar surface area (TPSA) is 87.9 Å². The van der Waals surface area contributed by atoms with Gasteiger partial charge in [-0.2, -0.15) is 0 Å². The first-order valence-electron chi connectivity index (χ1n) is 10.0. The molecule has 2 aromatic carbocycles. The maximum Gasteiger partial charge on any atom is 0.573 e. The molecule has 0 fully saturated rings. The SMILES string of the molecule is CN1C(=O)[C@H](NC(C)(C)C(N)=O)CN(Cc2ccc(OC(F)(F)F)cc2)c2ccc(F)cc21. The highest BCUT2D eigenvalue weighted by atomic mass is 19.4. The number of amides is 2. The Kier molecular flexibility index (Phi) is 6.55. The lowest BCUT2D eigenvalue weighted by atomic mass is 10.0. The van der Waals surface area contributed by atoms with Crippen LogP contribution in [0.1, 0.15) is 19.4 Å². The fraction of sp³-hybridized carbons (Fsp3) is 0.364. The van der Waals surface area contributed by atoms with Crippen molar-refractivity contribution in [1.29, 1.82) is 0 Å². The molecule has 1 aliphatic rings. The highest BCUT2D eigenvalue weighted by molar-refractivity contribution is 6.02. The molecular weight excluding hydrogens is 444 g/mol. The van der Waals surface area contributed by atoms with E-state index in [0.29, 0.717) is 16.9 Å². The van der Waals surface area contributed by atoms with Crippen molar-refractivity contribution in [3.05, 3.63) is 53.8 Å². The molecule has 0 aromatic heterocycles. The Balaban J connectivity index is 1.94. The molecule has 33 heavy (non-hydrogen) atoms. The number of nitrogens with zero attached hydrogens (tertiary/aromatic N) is 2. The van der Waals surface area contributed by atoms with Gasteiger partial charge in [-0.25, -0.2) is 4.39 Å². The van der Waals surface area contributed by atoms with Crippen LogP contribution in [-0.4, -0.2) is 43.3 Å². The van der Waals surface area contributed by atoms with E-state index in [9.17, 15) is 27.2 Å². The summed E-state index contributed by atoms with van der Waals surface area (Å²) in [5.41, 5.74) is 5.73.